The minimum Gasteiger partial charge on any atom is -0.344 e. The Hall–Kier alpha value is -1.92. The van der Waals surface area contributed by atoms with Gasteiger partial charge in [0, 0.05) is 13.6 Å². The van der Waals surface area contributed by atoms with E-state index in [2.05, 4.69) is 5.32 Å². The molecule has 7 nitrogen and oxygen atoms in total. The van der Waals surface area contributed by atoms with Gasteiger partial charge in [0.05, 0.1) is 0 Å². The van der Waals surface area contributed by atoms with Gasteiger partial charge in [0.15, 0.2) is 0 Å². The van der Waals surface area contributed by atoms with E-state index in [-0.39, 0.29) is 25.3 Å². The largest absolute Gasteiger partial charge is 0.344 e. The van der Waals surface area contributed by atoms with Crippen LogP contribution in [0.1, 0.15) is 33.6 Å². The molecule has 20 heavy (non-hydrogen) atoms. The quantitative estimate of drug-likeness (QED) is 0.738. The summed E-state index contributed by atoms with van der Waals surface area (Å²) in [5.74, 6) is -1.51. The fourth-order valence-electron chi connectivity index (χ4n) is 2.18. The van der Waals surface area contributed by atoms with Crippen LogP contribution in [0, 0.1) is 5.41 Å². The molecule has 1 saturated heterocycles. The maximum atomic E-state index is 12.5. The number of hydrogen-bond donors (Lipinski definition) is 1. The van der Waals surface area contributed by atoms with Crippen molar-refractivity contribution in [1.82, 2.24) is 15.1 Å². The maximum absolute atomic E-state index is 12.5. The first-order chi connectivity index (χ1) is 9.33. The van der Waals surface area contributed by atoms with E-state index in [1.807, 2.05) is 0 Å². The minimum atomic E-state index is -1.25. The van der Waals surface area contributed by atoms with E-state index in [1.54, 1.807) is 27.8 Å². The van der Waals surface area contributed by atoms with Crippen molar-refractivity contribution >= 4 is 23.8 Å². The summed E-state index contributed by atoms with van der Waals surface area (Å²) in [6.45, 7) is 5.37. The summed E-state index contributed by atoms with van der Waals surface area (Å²) >= 11 is 0. The first kappa shape index (κ1) is 16.1. The predicted octanol–water partition coefficient (Wildman–Crippen LogP) is 0.349. The molecule has 1 aliphatic rings. The molecule has 1 heterocycles. The third-order valence-electron chi connectivity index (χ3n) is 3.96. The number of amides is 5. The topological polar surface area (TPSA) is 86.8 Å². The molecule has 0 unspecified atom stereocenters. The summed E-state index contributed by atoms with van der Waals surface area (Å²) in [6, 6.07) is -0.824. The number of nitrogens with zero attached hydrogens (tertiary/aromatic N) is 2. The van der Waals surface area contributed by atoms with Crippen LogP contribution < -0.4 is 5.32 Å². The first-order valence-corrected chi connectivity index (χ1v) is 6.75. The van der Waals surface area contributed by atoms with Gasteiger partial charge in [-0.15, -0.1) is 0 Å². The molecular formula is C13H21N3O4. The molecule has 5 amide bonds. The third kappa shape index (κ3) is 2.52. The lowest BCUT2D eigenvalue weighted by Gasteiger charge is -2.38. The highest BCUT2D eigenvalue weighted by Crippen LogP contribution is 2.32. The van der Waals surface area contributed by atoms with Gasteiger partial charge >= 0.3 is 6.03 Å². The number of hydrogen-bond acceptors (Lipinski definition) is 4. The number of rotatable bonds is 5. The summed E-state index contributed by atoms with van der Waals surface area (Å²) in [4.78, 5) is 50.3. The molecule has 1 fully saturated rings. The van der Waals surface area contributed by atoms with Crippen molar-refractivity contribution in [3.05, 3.63) is 0 Å². The average molecular weight is 283 g/mol. The smallest absolute Gasteiger partial charge is 0.331 e. The SMILES string of the molecule is CCN(C)C(=O)CN1C(=O)NC(=O)C(CC)(CC)C1=O. The van der Waals surface area contributed by atoms with Gasteiger partial charge in [-0.1, -0.05) is 13.8 Å². The van der Waals surface area contributed by atoms with Crippen LogP contribution in [-0.4, -0.2) is 53.7 Å². The molecule has 0 aromatic heterocycles. The maximum Gasteiger partial charge on any atom is 0.331 e. The molecular weight excluding hydrogens is 262 g/mol. The summed E-state index contributed by atoms with van der Waals surface area (Å²) in [5.41, 5.74) is -1.25. The molecule has 1 N–H and O–H groups in total. The molecule has 0 saturated carbocycles. The molecule has 112 valence electrons. The molecule has 0 bridgehead atoms. The number of carbonyl (C=O) groups is 4. The van der Waals surface area contributed by atoms with Gasteiger partial charge < -0.3 is 4.90 Å². The molecule has 0 spiro atoms. The number of likely N-dealkylation sites (N-methyl/N-ethyl adjacent to an activating group) is 1. The zero-order valence-electron chi connectivity index (χ0n) is 12.4. The Kier molecular flexibility index (Phi) is 4.86. The van der Waals surface area contributed by atoms with Crippen LogP contribution in [0.5, 0.6) is 0 Å². The second kappa shape index (κ2) is 6.02. The van der Waals surface area contributed by atoms with Crippen molar-refractivity contribution < 1.29 is 19.2 Å². The second-order valence-corrected chi connectivity index (χ2v) is 4.85. The van der Waals surface area contributed by atoms with Crippen LogP contribution in [0.15, 0.2) is 0 Å². The summed E-state index contributed by atoms with van der Waals surface area (Å²) in [7, 11) is 1.59. The van der Waals surface area contributed by atoms with Crippen LogP contribution in [0.25, 0.3) is 0 Å². The van der Waals surface area contributed by atoms with Crippen LogP contribution in [-0.2, 0) is 14.4 Å². The Morgan fingerprint density at radius 3 is 2.20 bits per heavy atom. The van der Waals surface area contributed by atoms with E-state index in [0.717, 1.165) is 4.90 Å². The standard InChI is InChI=1S/C13H21N3O4/c1-5-13(6-2)10(18)14-12(20)16(11(13)19)8-9(17)15(4)7-3/h5-8H2,1-4H3,(H,14,18,20). The van der Waals surface area contributed by atoms with Crippen LogP contribution >= 0.6 is 0 Å². The Morgan fingerprint density at radius 2 is 1.75 bits per heavy atom. The van der Waals surface area contributed by atoms with Crippen molar-refractivity contribution in [2.24, 2.45) is 5.41 Å². The third-order valence-corrected chi connectivity index (χ3v) is 3.96. The highest BCUT2D eigenvalue weighted by Gasteiger charge is 2.51. The number of imide groups is 2. The number of nitrogens with one attached hydrogen (secondary N) is 1. The van der Waals surface area contributed by atoms with Crippen molar-refractivity contribution in [1.29, 1.82) is 0 Å². The number of urea groups is 1. The lowest BCUT2D eigenvalue weighted by molar-refractivity contribution is -0.154. The van der Waals surface area contributed by atoms with Crippen molar-refractivity contribution in [3.63, 3.8) is 0 Å². The zero-order valence-corrected chi connectivity index (χ0v) is 12.4. The van der Waals surface area contributed by atoms with Crippen molar-refractivity contribution in [2.45, 2.75) is 33.6 Å². The molecule has 7 heteroatoms. The second-order valence-electron chi connectivity index (χ2n) is 4.85. The van der Waals surface area contributed by atoms with Gasteiger partial charge in [-0.25, -0.2) is 4.79 Å². The molecule has 0 aliphatic carbocycles. The van der Waals surface area contributed by atoms with Crippen LogP contribution in [0.4, 0.5) is 4.79 Å². The highest BCUT2D eigenvalue weighted by atomic mass is 16.2. The fraction of sp³-hybridized carbons (Fsp3) is 0.692. The summed E-state index contributed by atoms with van der Waals surface area (Å²) in [5, 5.41) is 2.17. The normalized spacial score (nSPS) is 18.0. The molecule has 0 radical (unpaired) electrons. The van der Waals surface area contributed by atoms with Gasteiger partial charge in [-0.3, -0.25) is 24.6 Å². The van der Waals surface area contributed by atoms with Gasteiger partial charge in [-0.2, -0.15) is 0 Å². The molecule has 0 aromatic rings. The van der Waals surface area contributed by atoms with Gasteiger partial charge in [0.2, 0.25) is 17.7 Å². The summed E-state index contributed by atoms with van der Waals surface area (Å²) in [6.07, 6.45) is 0.575. The first-order valence-electron chi connectivity index (χ1n) is 6.75. The fourth-order valence-corrected chi connectivity index (χ4v) is 2.18. The predicted molar refractivity (Wildman–Crippen MR) is 71.6 cm³/mol. The minimum absolute atomic E-state index is 0.287. The van der Waals surface area contributed by atoms with Gasteiger partial charge in [0.25, 0.3) is 0 Å². The Balaban J connectivity index is 3.02. The number of barbiturate groups is 1. The van der Waals surface area contributed by atoms with E-state index in [1.165, 1.54) is 4.90 Å². The average Bonchev–Trinajstić information content (AvgIpc) is 2.43. The Morgan fingerprint density at radius 1 is 1.20 bits per heavy atom. The van der Waals surface area contributed by atoms with E-state index < -0.39 is 23.3 Å². The van der Waals surface area contributed by atoms with Crippen LogP contribution in [0.2, 0.25) is 0 Å². The van der Waals surface area contributed by atoms with E-state index in [0.29, 0.717) is 6.54 Å². The van der Waals surface area contributed by atoms with E-state index in [9.17, 15) is 19.2 Å². The monoisotopic (exact) mass is 283 g/mol. The lowest BCUT2D eigenvalue weighted by atomic mass is 9.78. The number of carbonyl (C=O) groups excluding carboxylic acids is 4. The van der Waals surface area contributed by atoms with Crippen molar-refractivity contribution in [3.8, 4) is 0 Å². The van der Waals surface area contributed by atoms with Crippen LogP contribution in [0.3, 0.4) is 0 Å². The highest BCUT2D eigenvalue weighted by molar-refractivity contribution is 6.19. The Bertz CT molecular complexity index is 443. The molecule has 0 atom stereocenters. The molecule has 0 aromatic carbocycles. The molecule has 1 aliphatic heterocycles. The van der Waals surface area contributed by atoms with E-state index >= 15 is 0 Å². The van der Waals surface area contributed by atoms with E-state index in [4.69, 9.17) is 0 Å². The zero-order chi connectivity index (χ0) is 15.5. The Labute approximate surface area is 118 Å². The van der Waals surface area contributed by atoms with Crippen molar-refractivity contribution in [2.75, 3.05) is 20.1 Å². The van der Waals surface area contributed by atoms with Gasteiger partial charge in [0.1, 0.15) is 12.0 Å². The summed E-state index contributed by atoms with van der Waals surface area (Å²) < 4.78 is 0. The van der Waals surface area contributed by atoms with Gasteiger partial charge in [-0.05, 0) is 19.8 Å². The lowest BCUT2D eigenvalue weighted by Crippen LogP contribution is -2.64. The molecule has 1 rings (SSSR count).